The third-order valence-electron chi connectivity index (χ3n) is 3.46. The van der Waals surface area contributed by atoms with E-state index in [2.05, 4.69) is 15.3 Å². The molecule has 0 radical (unpaired) electrons. The fourth-order valence-electron chi connectivity index (χ4n) is 2.39. The molecule has 1 aromatic rings. The zero-order chi connectivity index (χ0) is 14.8. The van der Waals surface area contributed by atoms with Gasteiger partial charge in [0.15, 0.2) is 5.16 Å². The van der Waals surface area contributed by atoms with Crippen LogP contribution in [0.15, 0.2) is 17.4 Å². The van der Waals surface area contributed by atoms with Crippen molar-refractivity contribution in [3.05, 3.63) is 18.0 Å². The van der Waals surface area contributed by atoms with Crippen LogP contribution < -0.4 is 11.1 Å². The fourth-order valence-corrected chi connectivity index (χ4v) is 3.55. The van der Waals surface area contributed by atoms with Gasteiger partial charge in [0.05, 0.1) is 0 Å². The van der Waals surface area contributed by atoms with E-state index in [1.54, 1.807) is 6.20 Å². The number of carbonyl (C=O) groups excluding carboxylic acids is 1. The molecule has 1 aromatic heterocycles. The van der Waals surface area contributed by atoms with Crippen molar-refractivity contribution < 1.29 is 4.79 Å². The number of hydrogen-bond acceptors (Lipinski definition) is 5. The molecule has 0 aliphatic heterocycles. The Hall–Kier alpha value is -1.14. The van der Waals surface area contributed by atoms with E-state index >= 15 is 0 Å². The first-order chi connectivity index (χ1) is 9.44. The first-order valence-corrected chi connectivity index (χ1v) is 7.92. The van der Waals surface area contributed by atoms with Gasteiger partial charge >= 0.3 is 0 Å². The van der Waals surface area contributed by atoms with Crippen molar-refractivity contribution in [2.75, 3.05) is 5.75 Å². The first kappa shape index (κ1) is 15.3. The molecule has 0 bridgehead atoms. The standard InChI is InChI=1S/C14H22N4OS/c1-9(2)18-14(12(15)19,11-4-5-11)8-20-13-16-7-6-10(3)17-13/h6-7,9,11,18H,4-5,8H2,1-3H3,(H2,15,19). The highest BCUT2D eigenvalue weighted by molar-refractivity contribution is 7.99. The Balaban J connectivity index is 2.13. The lowest BCUT2D eigenvalue weighted by Crippen LogP contribution is -2.61. The number of primary amides is 1. The van der Waals surface area contributed by atoms with Gasteiger partial charge in [-0.05, 0) is 45.6 Å². The summed E-state index contributed by atoms with van der Waals surface area (Å²) >= 11 is 1.49. The van der Waals surface area contributed by atoms with Gasteiger partial charge in [0.2, 0.25) is 5.91 Å². The summed E-state index contributed by atoms with van der Waals surface area (Å²) in [5, 5.41) is 4.08. The molecule has 5 nitrogen and oxygen atoms in total. The summed E-state index contributed by atoms with van der Waals surface area (Å²) in [6.45, 7) is 6.00. The van der Waals surface area contributed by atoms with Gasteiger partial charge < -0.3 is 11.1 Å². The van der Waals surface area contributed by atoms with Gasteiger partial charge in [-0.15, -0.1) is 0 Å². The quantitative estimate of drug-likeness (QED) is 0.588. The predicted octanol–water partition coefficient (Wildman–Crippen LogP) is 1.51. The second-order valence-corrected chi connectivity index (χ2v) is 6.62. The maximum atomic E-state index is 12.0. The van der Waals surface area contributed by atoms with Crippen molar-refractivity contribution >= 4 is 17.7 Å². The van der Waals surface area contributed by atoms with Crippen molar-refractivity contribution in [2.24, 2.45) is 11.7 Å². The van der Waals surface area contributed by atoms with Crippen LogP contribution in [0.2, 0.25) is 0 Å². The molecule has 1 heterocycles. The van der Waals surface area contributed by atoms with Gasteiger partial charge in [0, 0.05) is 23.7 Å². The molecule has 1 aliphatic carbocycles. The lowest BCUT2D eigenvalue weighted by Gasteiger charge is -2.33. The summed E-state index contributed by atoms with van der Waals surface area (Å²) in [5.41, 5.74) is 5.98. The summed E-state index contributed by atoms with van der Waals surface area (Å²) in [6.07, 6.45) is 3.85. The summed E-state index contributed by atoms with van der Waals surface area (Å²) in [4.78, 5) is 20.6. The third-order valence-corrected chi connectivity index (χ3v) is 4.52. The number of aromatic nitrogens is 2. The molecule has 20 heavy (non-hydrogen) atoms. The van der Waals surface area contributed by atoms with E-state index in [1.807, 2.05) is 26.8 Å². The van der Waals surface area contributed by atoms with Crippen molar-refractivity contribution in [2.45, 2.75) is 50.4 Å². The SMILES string of the molecule is Cc1ccnc(SCC(NC(C)C)(C(N)=O)C2CC2)n1. The number of carbonyl (C=O) groups is 1. The van der Waals surface area contributed by atoms with Crippen molar-refractivity contribution in [3.8, 4) is 0 Å². The number of aryl methyl sites for hydroxylation is 1. The Morgan fingerprint density at radius 3 is 2.80 bits per heavy atom. The number of rotatable bonds is 7. The lowest BCUT2D eigenvalue weighted by atomic mass is 9.93. The molecule has 1 atom stereocenters. The average Bonchev–Trinajstić information content (AvgIpc) is 3.18. The number of nitrogens with one attached hydrogen (secondary N) is 1. The normalized spacial score (nSPS) is 18.0. The van der Waals surface area contributed by atoms with Crippen LogP contribution in [0.25, 0.3) is 0 Å². The zero-order valence-corrected chi connectivity index (χ0v) is 13.0. The van der Waals surface area contributed by atoms with Crippen LogP contribution in [0.1, 0.15) is 32.4 Å². The molecule has 1 unspecified atom stereocenters. The molecule has 1 aliphatic rings. The van der Waals surface area contributed by atoms with Crippen LogP contribution in [-0.2, 0) is 4.79 Å². The van der Waals surface area contributed by atoms with Crippen LogP contribution >= 0.6 is 11.8 Å². The highest BCUT2D eigenvalue weighted by Crippen LogP contribution is 2.42. The highest BCUT2D eigenvalue weighted by atomic mass is 32.2. The molecule has 6 heteroatoms. The summed E-state index contributed by atoms with van der Waals surface area (Å²) in [7, 11) is 0. The van der Waals surface area contributed by atoms with E-state index in [9.17, 15) is 4.79 Å². The van der Waals surface area contributed by atoms with Crippen molar-refractivity contribution in [1.29, 1.82) is 0 Å². The van der Waals surface area contributed by atoms with Crippen molar-refractivity contribution in [3.63, 3.8) is 0 Å². The van der Waals surface area contributed by atoms with E-state index in [-0.39, 0.29) is 11.9 Å². The summed E-state index contributed by atoms with van der Waals surface area (Å²) in [6, 6.07) is 2.07. The molecule has 2 rings (SSSR count). The van der Waals surface area contributed by atoms with Crippen LogP contribution in [0.4, 0.5) is 0 Å². The number of thioether (sulfide) groups is 1. The lowest BCUT2D eigenvalue weighted by molar-refractivity contribution is -0.124. The van der Waals surface area contributed by atoms with E-state index in [0.29, 0.717) is 16.8 Å². The number of amides is 1. The topological polar surface area (TPSA) is 80.9 Å². The number of hydrogen-bond donors (Lipinski definition) is 2. The fraction of sp³-hybridized carbons (Fsp3) is 0.643. The van der Waals surface area contributed by atoms with Crippen LogP contribution in [0.3, 0.4) is 0 Å². The predicted molar refractivity (Wildman–Crippen MR) is 80.4 cm³/mol. The monoisotopic (exact) mass is 294 g/mol. The molecular weight excluding hydrogens is 272 g/mol. The van der Waals surface area contributed by atoms with E-state index < -0.39 is 5.54 Å². The minimum absolute atomic E-state index is 0.210. The Morgan fingerprint density at radius 2 is 2.30 bits per heavy atom. The van der Waals surface area contributed by atoms with Gasteiger partial charge in [0.1, 0.15) is 5.54 Å². The van der Waals surface area contributed by atoms with E-state index in [0.717, 1.165) is 18.5 Å². The molecule has 0 spiro atoms. The van der Waals surface area contributed by atoms with Crippen LogP contribution in [-0.4, -0.2) is 33.2 Å². The third kappa shape index (κ3) is 3.49. The first-order valence-electron chi connectivity index (χ1n) is 6.94. The average molecular weight is 294 g/mol. The van der Waals surface area contributed by atoms with Gasteiger partial charge in [-0.2, -0.15) is 0 Å². The largest absolute Gasteiger partial charge is 0.368 e. The Kier molecular flexibility index (Phi) is 4.65. The number of nitrogens with zero attached hydrogens (tertiary/aromatic N) is 2. The molecule has 1 amide bonds. The second kappa shape index (κ2) is 6.10. The molecule has 0 aromatic carbocycles. The zero-order valence-electron chi connectivity index (χ0n) is 12.2. The van der Waals surface area contributed by atoms with Crippen molar-refractivity contribution in [1.82, 2.24) is 15.3 Å². The van der Waals surface area contributed by atoms with E-state index in [4.69, 9.17) is 5.73 Å². The summed E-state index contributed by atoms with van der Waals surface area (Å²) in [5.74, 6) is 0.641. The molecule has 1 saturated carbocycles. The summed E-state index contributed by atoms with van der Waals surface area (Å²) < 4.78 is 0. The Bertz CT molecular complexity index is 490. The molecule has 0 saturated heterocycles. The van der Waals surface area contributed by atoms with Crippen LogP contribution in [0.5, 0.6) is 0 Å². The van der Waals surface area contributed by atoms with Gasteiger partial charge in [0.25, 0.3) is 0 Å². The smallest absolute Gasteiger partial charge is 0.238 e. The molecular formula is C14H22N4OS. The maximum absolute atomic E-state index is 12.0. The van der Waals surface area contributed by atoms with E-state index in [1.165, 1.54) is 11.8 Å². The van der Waals surface area contributed by atoms with Gasteiger partial charge in [-0.1, -0.05) is 11.8 Å². The molecule has 3 N–H and O–H groups in total. The van der Waals surface area contributed by atoms with Crippen LogP contribution in [0, 0.1) is 12.8 Å². The highest BCUT2D eigenvalue weighted by Gasteiger charge is 2.50. The minimum atomic E-state index is -0.647. The minimum Gasteiger partial charge on any atom is -0.368 e. The molecule has 110 valence electrons. The second-order valence-electron chi connectivity index (χ2n) is 5.68. The van der Waals surface area contributed by atoms with Gasteiger partial charge in [-0.3, -0.25) is 4.79 Å². The Labute approximate surface area is 124 Å². The maximum Gasteiger partial charge on any atom is 0.238 e. The Morgan fingerprint density at radius 1 is 1.60 bits per heavy atom. The van der Waals surface area contributed by atoms with Gasteiger partial charge in [-0.25, -0.2) is 9.97 Å². The molecule has 1 fully saturated rings. The number of nitrogens with two attached hydrogens (primary N) is 1.